The number of likely N-dealkylation sites (tertiary alicyclic amines) is 1. The normalized spacial score (nSPS) is 17.3. The lowest BCUT2D eigenvalue weighted by atomic mass is 9.89. The highest BCUT2D eigenvalue weighted by Crippen LogP contribution is 2.30. The van der Waals surface area contributed by atoms with E-state index in [4.69, 9.17) is 30.1 Å². The number of amides is 6. The molecule has 2 unspecified atom stereocenters. The van der Waals surface area contributed by atoms with E-state index < -0.39 is 60.3 Å². The van der Waals surface area contributed by atoms with Gasteiger partial charge in [0.2, 0.25) is 29.5 Å². The van der Waals surface area contributed by atoms with Crippen LogP contribution in [0.4, 0.5) is 4.79 Å². The molecule has 1 heterocycles. The highest BCUT2D eigenvalue weighted by Gasteiger charge is 2.43. The summed E-state index contributed by atoms with van der Waals surface area (Å²) in [6, 6.07) is 6.31. The molecule has 0 aromatic heterocycles. The Hall–Kier alpha value is -4.80. The van der Waals surface area contributed by atoms with E-state index >= 15 is 0 Å². The Labute approximate surface area is 405 Å². The summed E-state index contributed by atoms with van der Waals surface area (Å²) in [4.78, 5) is 86.7. The molecule has 1 saturated heterocycles. The molecule has 68 heavy (non-hydrogen) atoms. The minimum absolute atomic E-state index is 0.0216. The zero-order chi connectivity index (χ0) is 50.9. The van der Waals surface area contributed by atoms with Gasteiger partial charge in [-0.05, 0) is 50.3 Å². The molecular formula is C50H83N7O11. The van der Waals surface area contributed by atoms with Gasteiger partial charge >= 0.3 is 6.09 Å². The second kappa shape index (κ2) is 31.4. The van der Waals surface area contributed by atoms with Gasteiger partial charge in [-0.15, -0.1) is 6.42 Å². The molecule has 2 rings (SSSR count). The number of likely N-dealkylation sites (N-methyl/N-ethyl adjacent to an activating group) is 2. The van der Waals surface area contributed by atoms with Crippen LogP contribution >= 0.6 is 0 Å². The second-order valence-corrected chi connectivity index (χ2v) is 18.4. The van der Waals surface area contributed by atoms with Gasteiger partial charge in [0.25, 0.3) is 0 Å². The minimum Gasteiger partial charge on any atom is -0.436 e. The topological polar surface area (TPSA) is 206 Å². The molecule has 384 valence electrons. The molecule has 1 aromatic carbocycles. The molecule has 0 bridgehead atoms. The third-order valence-electron chi connectivity index (χ3n) is 12.6. The molecule has 1 aliphatic heterocycles. The number of hydrogen-bond acceptors (Lipinski definition) is 12. The van der Waals surface area contributed by atoms with Gasteiger partial charge in [0, 0.05) is 47.3 Å². The Morgan fingerprint density at radius 3 is 2.00 bits per heavy atom. The molecule has 0 aliphatic carbocycles. The van der Waals surface area contributed by atoms with E-state index in [-0.39, 0.29) is 100 Å². The highest BCUT2D eigenvalue weighted by molar-refractivity contribution is 5.90. The van der Waals surface area contributed by atoms with E-state index in [1.165, 1.54) is 7.11 Å². The summed E-state index contributed by atoms with van der Waals surface area (Å²) >= 11 is 0. The summed E-state index contributed by atoms with van der Waals surface area (Å²) < 4.78 is 27.8. The first-order chi connectivity index (χ1) is 32.3. The Balaban J connectivity index is 2.15. The van der Waals surface area contributed by atoms with E-state index in [0.717, 1.165) is 5.56 Å². The quantitative estimate of drug-likeness (QED) is 0.0627. The molecule has 18 nitrogen and oxygen atoms in total. The van der Waals surface area contributed by atoms with E-state index in [1.54, 1.807) is 30.9 Å². The van der Waals surface area contributed by atoms with Gasteiger partial charge < -0.3 is 54.8 Å². The third-order valence-corrected chi connectivity index (χ3v) is 12.6. The first kappa shape index (κ1) is 59.3. The van der Waals surface area contributed by atoms with Crippen molar-refractivity contribution in [3.05, 3.63) is 35.9 Å². The Morgan fingerprint density at radius 2 is 1.46 bits per heavy atom. The van der Waals surface area contributed by atoms with E-state index in [9.17, 15) is 28.8 Å². The summed E-state index contributed by atoms with van der Waals surface area (Å²) in [5, 5.41) is 11.4. The van der Waals surface area contributed by atoms with E-state index in [1.807, 2.05) is 90.9 Å². The number of carbonyl (C=O) groups is 6. The number of nitrogens with zero attached hydrogens (tertiary/aromatic N) is 3. The molecule has 6 amide bonds. The van der Waals surface area contributed by atoms with Gasteiger partial charge in [0.05, 0.1) is 69.1 Å². The van der Waals surface area contributed by atoms with Crippen molar-refractivity contribution in [2.45, 2.75) is 123 Å². The maximum atomic E-state index is 14.4. The van der Waals surface area contributed by atoms with Crippen LogP contribution in [0.1, 0.15) is 79.7 Å². The Kier molecular flexibility index (Phi) is 27.4. The van der Waals surface area contributed by atoms with Gasteiger partial charge in [-0.1, -0.05) is 91.1 Å². The number of carbonyl (C=O) groups excluding carboxylic acids is 6. The van der Waals surface area contributed by atoms with Crippen molar-refractivity contribution in [1.82, 2.24) is 36.0 Å². The molecule has 0 radical (unpaired) electrons. The van der Waals surface area contributed by atoms with Gasteiger partial charge in [-0.3, -0.25) is 28.9 Å². The molecule has 0 spiro atoms. The van der Waals surface area contributed by atoms with Gasteiger partial charge in [0.15, 0.2) is 6.61 Å². The van der Waals surface area contributed by atoms with Crippen molar-refractivity contribution < 1.29 is 52.5 Å². The van der Waals surface area contributed by atoms with E-state index in [2.05, 4.69) is 27.2 Å². The lowest BCUT2D eigenvalue weighted by Crippen LogP contribution is -2.59. The number of alkyl carbamates (subject to hydrolysis) is 1. The number of rotatable bonds is 31. The third kappa shape index (κ3) is 18.9. The van der Waals surface area contributed by atoms with Gasteiger partial charge in [-0.2, -0.15) is 0 Å². The molecule has 1 fully saturated rings. The first-order valence-electron chi connectivity index (χ1n) is 24.0. The van der Waals surface area contributed by atoms with Crippen molar-refractivity contribution in [3.8, 4) is 12.3 Å². The molecule has 1 aromatic rings. The van der Waals surface area contributed by atoms with E-state index in [0.29, 0.717) is 25.8 Å². The van der Waals surface area contributed by atoms with Crippen LogP contribution in [0, 0.1) is 36.0 Å². The Morgan fingerprint density at radius 1 is 0.824 bits per heavy atom. The van der Waals surface area contributed by atoms with Crippen LogP contribution in [-0.4, -0.2) is 181 Å². The first-order valence-corrected chi connectivity index (χ1v) is 24.0. The fraction of sp³-hybridized carbons (Fsp3) is 0.720. The summed E-state index contributed by atoms with van der Waals surface area (Å²) in [5.41, 5.74) is 0.855. The molecule has 18 heteroatoms. The van der Waals surface area contributed by atoms with Crippen LogP contribution in [0.15, 0.2) is 30.3 Å². The zero-order valence-corrected chi connectivity index (χ0v) is 42.8. The zero-order valence-electron chi connectivity index (χ0n) is 42.8. The molecule has 9 atom stereocenters. The highest BCUT2D eigenvalue weighted by atomic mass is 16.5. The standard InChI is InChI=1S/C50H83N7O11/c1-14-26-68-50(63)52-24-28-67-30-29-66-27-23-51-47(60)38(31-37-20-17-16-18-21-37)53-46(59)36(8)45(65-13)39-22-19-25-57(39)41(58)32-40(64-12)44(35(7)15-2)56(11)49(62)42(33(3)4)54-48(61)43(34(5)6)55(9)10/h1,16-18,20-21,33-36,38-40,42-45H,15,19,22-32H2,2-13H3,(H,51,60)(H,52,63)(H,53,59)(H,54,61)/t35?,36-,38+,39+,40?,42+,43+,44+,45-/m1/s1. The fourth-order valence-electron chi connectivity index (χ4n) is 8.85. The summed E-state index contributed by atoms with van der Waals surface area (Å²) in [7, 11) is 8.47. The van der Waals surface area contributed by atoms with Crippen LogP contribution in [0.25, 0.3) is 0 Å². The number of terminal acetylenes is 1. The summed E-state index contributed by atoms with van der Waals surface area (Å²) in [6.45, 7) is 15.3. The fourth-order valence-corrected chi connectivity index (χ4v) is 8.85. The summed E-state index contributed by atoms with van der Waals surface area (Å²) in [6.07, 6.45) is 5.29. The number of benzene rings is 1. The SMILES string of the molecule is C#CCOC(=O)NCCOCCOCCNC(=O)[C@H](Cc1ccccc1)NC(=O)[C@H](C)[C@@H](OC)[C@@H]1CCCN1C(=O)CC(OC)[C@H](C(C)CC)N(C)C(=O)[C@@H](NC(=O)[C@H](C(C)C)N(C)C)C(C)C. The van der Waals surface area contributed by atoms with Crippen molar-refractivity contribution in [3.63, 3.8) is 0 Å². The minimum atomic E-state index is -0.915. The molecular weight excluding hydrogens is 875 g/mol. The molecule has 4 N–H and O–H groups in total. The van der Waals surface area contributed by atoms with Crippen LogP contribution in [-0.2, 0) is 54.1 Å². The van der Waals surface area contributed by atoms with Crippen LogP contribution in [0.3, 0.4) is 0 Å². The number of nitrogens with one attached hydrogen (secondary N) is 4. The van der Waals surface area contributed by atoms with Crippen molar-refractivity contribution in [2.24, 2.45) is 23.7 Å². The average Bonchev–Trinajstić information content (AvgIpc) is 3.79. The smallest absolute Gasteiger partial charge is 0.408 e. The number of methoxy groups -OCH3 is 2. The van der Waals surface area contributed by atoms with Crippen LogP contribution in [0.2, 0.25) is 0 Å². The lowest BCUT2D eigenvalue weighted by Gasteiger charge is -2.41. The molecule has 0 saturated carbocycles. The largest absolute Gasteiger partial charge is 0.436 e. The lowest BCUT2D eigenvalue weighted by molar-refractivity contribution is -0.148. The van der Waals surface area contributed by atoms with Gasteiger partial charge in [0.1, 0.15) is 12.1 Å². The maximum absolute atomic E-state index is 14.4. The Bertz CT molecular complexity index is 1740. The van der Waals surface area contributed by atoms with Gasteiger partial charge in [-0.25, -0.2) is 4.79 Å². The van der Waals surface area contributed by atoms with Crippen LogP contribution in [0.5, 0.6) is 0 Å². The summed E-state index contributed by atoms with van der Waals surface area (Å²) in [5.74, 6) is -0.241. The average molecular weight is 958 g/mol. The van der Waals surface area contributed by atoms with Crippen molar-refractivity contribution in [1.29, 1.82) is 0 Å². The van der Waals surface area contributed by atoms with Crippen molar-refractivity contribution in [2.75, 3.05) is 88.0 Å². The number of ether oxygens (including phenoxy) is 5. The van der Waals surface area contributed by atoms with Crippen molar-refractivity contribution >= 4 is 35.6 Å². The predicted molar refractivity (Wildman–Crippen MR) is 260 cm³/mol. The second-order valence-electron chi connectivity index (χ2n) is 18.4. The predicted octanol–water partition coefficient (Wildman–Crippen LogP) is 2.87. The maximum Gasteiger partial charge on any atom is 0.408 e. The monoisotopic (exact) mass is 958 g/mol. The van der Waals surface area contributed by atoms with Crippen LogP contribution < -0.4 is 21.3 Å². The number of hydrogen-bond donors (Lipinski definition) is 4. The molecule has 1 aliphatic rings.